The van der Waals surface area contributed by atoms with Gasteiger partial charge in [0.1, 0.15) is 5.75 Å². The Bertz CT molecular complexity index is 833. The molecule has 1 amide bonds. The number of methoxy groups -OCH3 is 3. The lowest BCUT2D eigenvalue weighted by atomic mass is 10.0. The lowest BCUT2D eigenvalue weighted by Gasteiger charge is -2.10. The van der Waals surface area contributed by atoms with Crippen molar-refractivity contribution in [2.75, 3.05) is 21.3 Å². The Balaban J connectivity index is 1.57. The first-order valence-electron chi connectivity index (χ1n) is 8.50. The molecule has 1 heterocycles. The number of nitrogens with one attached hydrogen (secondary N) is 1. The van der Waals surface area contributed by atoms with Crippen LogP contribution in [-0.4, -0.2) is 39.1 Å². The molecule has 0 aromatic heterocycles. The van der Waals surface area contributed by atoms with Gasteiger partial charge in [-0.05, 0) is 35.9 Å². The van der Waals surface area contributed by atoms with Gasteiger partial charge in [-0.15, -0.1) is 0 Å². The van der Waals surface area contributed by atoms with Gasteiger partial charge >= 0.3 is 0 Å². The normalized spacial score (nSPS) is 15.5. The third kappa shape index (κ3) is 4.31. The molecule has 0 unspecified atom stereocenters. The van der Waals surface area contributed by atoms with E-state index in [-0.39, 0.29) is 5.91 Å². The maximum atomic E-state index is 12.4. The molecule has 2 aromatic rings. The van der Waals surface area contributed by atoms with E-state index in [1.807, 2.05) is 36.4 Å². The smallest absolute Gasteiger partial charge is 0.264 e. The molecule has 27 heavy (non-hydrogen) atoms. The van der Waals surface area contributed by atoms with E-state index in [1.54, 1.807) is 27.4 Å². The molecule has 7 heteroatoms. The Hall–Kier alpha value is -3.22. The predicted molar refractivity (Wildman–Crippen MR) is 100 cm³/mol. The molecule has 0 bridgehead atoms. The molecule has 0 saturated carbocycles. The minimum absolute atomic E-state index is 0.204. The van der Waals surface area contributed by atoms with Crippen LogP contribution >= 0.6 is 0 Å². The minimum atomic E-state index is -0.647. The molecule has 1 aliphatic rings. The summed E-state index contributed by atoms with van der Waals surface area (Å²) in [6, 6.07) is 13.0. The first-order chi connectivity index (χ1) is 13.1. The van der Waals surface area contributed by atoms with Gasteiger partial charge < -0.3 is 24.4 Å². The molecule has 1 aliphatic heterocycles. The van der Waals surface area contributed by atoms with E-state index in [1.165, 1.54) is 0 Å². The molecule has 0 spiro atoms. The summed E-state index contributed by atoms with van der Waals surface area (Å²) < 4.78 is 15.7. The van der Waals surface area contributed by atoms with Gasteiger partial charge in [-0.3, -0.25) is 4.79 Å². The van der Waals surface area contributed by atoms with Crippen molar-refractivity contribution in [2.45, 2.75) is 19.1 Å². The largest absolute Gasteiger partial charge is 0.497 e. The average molecular weight is 370 g/mol. The zero-order valence-electron chi connectivity index (χ0n) is 15.5. The van der Waals surface area contributed by atoms with Crippen molar-refractivity contribution in [3.8, 4) is 17.2 Å². The van der Waals surface area contributed by atoms with Crippen molar-refractivity contribution in [1.82, 2.24) is 5.32 Å². The van der Waals surface area contributed by atoms with Crippen LogP contribution in [0.15, 0.2) is 47.6 Å². The van der Waals surface area contributed by atoms with Gasteiger partial charge in [0, 0.05) is 18.5 Å². The molecule has 0 aliphatic carbocycles. The third-order valence-electron chi connectivity index (χ3n) is 4.30. The summed E-state index contributed by atoms with van der Waals surface area (Å²) in [6.07, 6.45) is -0.254. The molecule has 7 nitrogen and oxygen atoms in total. The summed E-state index contributed by atoms with van der Waals surface area (Å²) in [7, 11) is 4.77. The summed E-state index contributed by atoms with van der Waals surface area (Å²) in [4.78, 5) is 17.7. The number of oxime groups is 1. The maximum Gasteiger partial charge on any atom is 0.264 e. The van der Waals surface area contributed by atoms with Crippen LogP contribution in [0.1, 0.15) is 17.5 Å². The Morgan fingerprint density at radius 3 is 2.48 bits per heavy atom. The number of hydrogen-bond acceptors (Lipinski definition) is 6. The second kappa shape index (κ2) is 8.44. The van der Waals surface area contributed by atoms with Crippen LogP contribution in [0.4, 0.5) is 0 Å². The van der Waals surface area contributed by atoms with Gasteiger partial charge in [-0.25, -0.2) is 0 Å². The van der Waals surface area contributed by atoms with Crippen LogP contribution in [-0.2, 0) is 16.2 Å². The summed E-state index contributed by atoms with van der Waals surface area (Å²) in [6.45, 7) is 0.411. The van der Waals surface area contributed by atoms with E-state index in [2.05, 4.69) is 10.5 Å². The van der Waals surface area contributed by atoms with Crippen molar-refractivity contribution in [3.63, 3.8) is 0 Å². The first kappa shape index (κ1) is 18.6. The number of amides is 1. The molecule has 0 fully saturated rings. The quantitative estimate of drug-likeness (QED) is 0.810. The topological polar surface area (TPSA) is 78.4 Å². The Kier molecular flexibility index (Phi) is 5.80. The lowest BCUT2D eigenvalue weighted by Crippen LogP contribution is -2.34. The summed E-state index contributed by atoms with van der Waals surface area (Å²) in [5.74, 6) is 1.81. The first-order valence-corrected chi connectivity index (χ1v) is 8.50. The molecule has 3 rings (SSSR count). The van der Waals surface area contributed by atoms with E-state index in [4.69, 9.17) is 19.0 Å². The highest BCUT2D eigenvalue weighted by Gasteiger charge is 2.29. The van der Waals surface area contributed by atoms with Crippen LogP contribution in [0.3, 0.4) is 0 Å². The van der Waals surface area contributed by atoms with Crippen molar-refractivity contribution in [1.29, 1.82) is 0 Å². The van der Waals surface area contributed by atoms with Crippen LogP contribution in [0, 0.1) is 0 Å². The summed E-state index contributed by atoms with van der Waals surface area (Å²) in [5.41, 5.74) is 2.50. The fourth-order valence-corrected chi connectivity index (χ4v) is 2.75. The summed E-state index contributed by atoms with van der Waals surface area (Å²) in [5, 5.41) is 6.93. The number of benzene rings is 2. The summed E-state index contributed by atoms with van der Waals surface area (Å²) >= 11 is 0. The second-order valence-corrected chi connectivity index (χ2v) is 5.97. The second-order valence-electron chi connectivity index (χ2n) is 5.97. The van der Waals surface area contributed by atoms with Gasteiger partial charge in [0.25, 0.3) is 5.91 Å². The molecule has 0 saturated heterocycles. The van der Waals surface area contributed by atoms with Crippen molar-refractivity contribution in [2.24, 2.45) is 5.16 Å². The molecular weight excluding hydrogens is 348 g/mol. The fourth-order valence-electron chi connectivity index (χ4n) is 2.75. The van der Waals surface area contributed by atoms with Gasteiger partial charge in [0.2, 0.25) is 6.10 Å². The Labute approximate surface area is 157 Å². The number of nitrogens with zero attached hydrogens (tertiary/aromatic N) is 1. The molecule has 2 aromatic carbocycles. The van der Waals surface area contributed by atoms with Crippen molar-refractivity contribution < 1.29 is 23.8 Å². The van der Waals surface area contributed by atoms with Gasteiger partial charge in [0.15, 0.2) is 11.5 Å². The standard InChI is InChI=1S/C20H22N2O5/c1-24-15-7-4-13(5-8-15)12-21-20(23)19-11-16(22-27-19)14-6-9-17(25-2)18(10-14)26-3/h4-10,19H,11-12H2,1-3H3,(H,21,23)/t19-/m1/s1. The number of hydrogen-bond donors (Lipinski definition) is 1. The number of ether oxygens (including phenoxy) is 3. The van der Waals surface area contributed by atoms with E-state index >= 15 is 0 Å². The van der Waals surface area contributed by atoms with Crippen molar-refractivity contribution in [3.05, 3.63) is 53.6 Å². The van der Waals surface area contributed by atoms with Crippen LogP contribution < -0.4 is 19.5 Å². The van der Waals surface area contributed by atoms with Crippen LogP contribution in [0.25, 0.3) is 0 Å². The van der Waals surface area contributed by atoms with Crippen LogP contribution in [0.2, 0.25) is 0 Å². The monoisotopic (exact) mass is 370 g/mol. The Morgan fingerprint density at radius 1 is 1.07 bits per heavy atom. The van der Waals surface area contributed by atoms with E-state index in [9.17, 15) is 4.79 Å². The van der Waals surface area contributed by atoms with Crippen molar-refractivity contribution >= 4 is 11.6 Å². The fraction of sp³-hybridized carbons (Fsp3) is 0.300. The maximum absolute atomic E-state index is 12.4. The molecule has 142 valence electrons. The predicted octanol–water partition coefficient (Wildman–Crippen LogP) is 2.52. The highest BCUT2D eigenvalue weighted by atomic mass is 16.6. The van der Waals surface area contributed by atoms with Crippen LogP contribution in [0.5, 0.6) is 17.2 Å². The minimum Gasteiger partial charge on any atom is -0.497 e. The third-order valence-corrected chi connectivity index (χ3v) is 4.30. The van der Waals surface area contributed by atoms with E-state index < -0.39 is 6.10 Å². The average Bonchev–Trinajstić information content (AvgIpc) is 3.22. The van der Waals surface area contributed by atoms with E-state index in [0.29, 0.717) is 30.2 Å². The molecular formula is C20H22N2O5. The highest BCUT2D eigenvalue weighted by Crippen LogP contribution is 2.29. The Morgan fingerprint density at radius 2 is 1.81 bits per heavy atom. The molecule has 0 radical (unpaired) electrons. The zero-order chi connectivity index (χ0) is 19.2. The highest BCUT2D eigenvalue weighted by molar-refractivity contribution is 6.04. The lowest BCUT2D eigenvalue weighted by molar-refractivity contribution is -0.131. The van der Waals surface area contributed by atoms with Gasteiger partial charge in [-0.1, -0.05) is 17.3 Å². The number of carbonyl (C=O) groups is 1. The SMILES string of the molecule is COc1ccc(CNC(=O)[C@H]2CC(c3ccc(OC)c(OC)c3)=NO2)cc1. The van der Waals surface area contributed by atoms with Gasteiger partial charge in [0.05, 0.1) is 27.0 Å². The van der Waals surface area contributed by atoms with Gasteiger partial charge in [-0.2, -0.15) is 0 Å². The molecule has 1 N–H and O–H groups in total. The number of carbonyl (C=O) groups excluding carboxylic acids is 1. The molecule has 1 atom stereocenters. The van der Waals surface area contributed by atoms with E-state index in [0.717, 1.165) is 16.9 Å². The number of rotatable bonds is 7. The zero-order valence-corrected chi connectivity index (χ0v) is 15.5.